The normalized spacial score (nSPS) is 29.6. The zero-order valence-electron chi connectivity index (χ0n) is 11.5. The van der Waals surface area contributed by atoms with Gasteiger partial charge in [0.05, 0.1) is 0 Å². The fourth-order valence-electron chi connectivity index (χ4n) is 2.57. The third kappa shape index (κ3) is 4.27. The van der Waals surface area contributed by atoms with E-state index < -0.39 is 0 Å². The Morgan fingerprint density at radius 1 is 1.25 bits per heavy atom. The molecule has 0 aliphatic carbocycles. The number of likely N-dealkylation sites (N-methyl/N-ethyl adjacent to an activating group) is 1. The minimum Gasteiger partial charge on any atom is -0.315 e. The lowest BCUT2D eigenvalue weighted by molar-refractivity contribution is 0.150. The number of hydrogen-bond acceptors (Lipinski definition) is 3. The van der Waals surface area contributed by atoms with Crippen molar-refractivity contribution in [3.8, 4) is 0 Å². The van der Waals surface area contributed by atoms with Crippen molar-refractivity contribution in [3.05, 3.63) is 0 Å². The van der Waals surface area contributed by atoms with E-state index in [4.69, 9.17) is 0 Å². The van der Waals surface area contributed by atoms with Gasteiger partial charge in [-0.3, -0.25) is 4.90 Å². The first-order valence-electron chi connectivity index (χ1n) is 6.64. The van der Waals surface area contributed by atoms with Gasteiger partial charge in [0.1, 0.15) is 0 Å². The first-order valence-corrected chi connectivity index (χ1v) is 7.59. The molecule has 1 aliphatic rings. The topological polar surface area (TPSA) is 15.3 Å². The molecule has 3 unspecified atom stereocenters. The van der Waals surface area contributed by atoms with Crippen LogP contribution in [0.15, 0.2) is 0 Å². The van der Waals surface area contributed by atoms with Gasteiger partial charge in [0.15, 0.2) is 0 Å². The summed E-state index contributed by atoms with van der Waals surface area (Å²) in [5.74, 6) is 0.738. The number of nitrogens with zero attached hydrogens (tertiary/aromatic N) is 1. The SMILES string of the molecule is CCNCC(C(C)C)N1CC(C)SC(C)C1. The van der Waals surface area contributed by atoms with E-state index in [2.05, 4.69) is 56.6 Å². The molecular formula is C13H28N2S. The second-order valence-corrected chi connectivity index (χ2v) is 7.21. The molecule has 1 rings (SSSR count). The quantitative estimate of drug-likeness (QED) is 0.800. The summed E-state index contributed by atoms with van der Waals surface area (Å²) >= 11 is 2.14. The molecule has 3 atom stereocenters. The van der Waals surface area contributed by atoms with Crippen molar-refractivity contribution >= 4 is 11.8 Å². The molecule has 2 nitrogen and oxygen atoms in total. The van der Waals surface area contributed by atoms with E-state index in [1.165, 1.54) is 13.1 Å². The van der Waals surface area contributed by atoms with E-state index in [0.29, 0.717) is 6.04 Å². The maximum Gasteiger partial charge on any atom is 0.0244 e. The van der Waals surface area contributed by atoms with Gasteiger partial charge in [-0.15, -0.1) is 0 Å². The largest absolute Gasteiger partial charge is 0.315 e. The Balaban J connectivity index is 2.55. The summed E-state index contributed by atoms with van der Waals surface area (Å²) in [5, 5.41) is 5.08. The average molecular weight is 244 g/mol. The van der Waals surface area contributed by atoms with Crippen LogP contribution in [0, 0.1) is 5.92 Å². The van der Waals surface area contributed by atoms with Crippen LogP contribution in [0.5, 0.6) is 0 Å². The molecule has 0 radical (unpaired) electrons. The standard InChI is InChI=1S/C13H28N2S/c1-6-14-7-13(10(2)3)15-8-11(4)16-12(5)9-15/h10-14H,6-9H2,1-5H3. The Morgan fingerprint density at radius 2 is 1.81 bits per heavy atom. The molecule has 96 valence electrons. The number of rotatable bonds is 5. The molecule has 0 aromatic rings. The molecule has 1 saturated heterocycles. The molecule has 0 aromatic carbocycles. The summed E-state index contributed by atoms with van der Waals surface area (Å²) < 4.78 is 0. The second-order valence-electron chi connectivity index (χ2n) is 5.33. The second kappa shape index (κ2) is 6.87. The van der Waals surface area contributed by atoms with E-state index in [-0.39, 0.29) is 0 Å². The van der Waals surface area contributed by atoms with Gasteiger partial charge in [-0.1, -0.05) is 34.6 Å². The zero-order chi connectivity index (χ0) is 12.1. The lowest BCUT2D eigenvalue weighted by Gasteiger charge is -2.41. The van der Waals surface area contributed by atoms with Crippen LogP contribution in [0.2, 0.25) is 0 Å². The number of hydrogen-bond donors (Lipinski definition) is 1. The predicted molar refractivity (Wildman–Crippen MR) is 75.3 cm³/mol. The average Bonchev–Trinajstić information content (AvgIpc) is 2.16. The van der Waals surface area contributed by atoms with Crippen LogP contribution in [0.25, 0.3) is 0 Å². The third-order valence-corrected chi connectivity index (χ3v) is 4.52. The first-order chi connectivity index (χ1) is 7.54. The van der Waals surface area contributed by atoms with Gasteiger partial charge in [0.2, 0.25) is 0 Å². The van der Waals surface area contributed by atoms with Crippen molar-refractivity contribution in [2.24, 2.45) is 5.92 Å². The number of nitrogens with one attached hydrogen (secondary N) is 1. The highest BCUT2D eigenvalue weighted by molar-refractivity contribution is 8.00. The molecule has 1 N–H and O–H groups in total. The van der Waals surface area contributed by atoms with Gasteiger partial charge in [-0.05, 0) is 12.5 Å². The van der Waals surface area contributed by atoms with Gasteiger partial charge in [0.25, 0.3) is 0 Å². The van der Waals surface area contributed by atoms with Crippen molar-refractivity contribution < 1.29 is 0 Å². The summed E-state index contributed by atoms with van der Waals surface area (Å²) in [4.78, 5) is 2.69. The van der Waals surface area contributed by atoms with Gasteiger partial charge >= 0.3 is 0 Å². The highest BCUT2D eigenvalue weighted by atomic mass is 32.2. The molecule has 16 heavy (non-hydrogen) atoms. The summed E-state index contributed by atoms with van der Waals surface area (Å²) in [7, 11) is 0. The molecule has 0 aromatic heterocycles. The molecule has 0 spiro atoms. The van der Waals surface area contributed by atoms with Crippen molar-refractivity contribution in [3.63, 3.8) is 0 Å². The van der Waals surface area contributed by atoms with Crippen LogP contribution in [-0.4, -0.2) is 47.6 Å². The Hall–Kier alpha value is 0.270. The molecule has 0 bridgehead atoms. The third-order valence-electron chi connectivity index (χ3n) is 3.29. The van der Waals surface area contributed by atoms with E-state index >= 15 is 0 Å². The molecule has 1 heterocycles. The van der Waals surface area contributed by atoms with Crippen molar-refractivity contribution in [2.75, 3.05) is 26.2 Å². The van der Waals surface area contributed by atoms with Crippen LogP contribution >= 0.6 is 11.8 Å². The fraction of sp³-hybridized carbons (Fsp3) is 1.00. The van der Waals surface area contributed by atoms with Crippen molar-refractivity contribution in [1.29, 1.82) is 0 Å². The van der Waals surface area contributed by atoms with Crippen LogP contribution in [0.4, 0.5) is 0 Å². The van der Waals surface area contributed by atoms with Crippen LogP contribution in [0.1, 0.15) is 34.6 Å². The van der Waals surface area contributed by atoms with Gasteiger partial charge in [-0.25, -0.2) is 0 Å². The summed E-state index contributed by atoms with van der Waals surface area (Å²) in [6.07, 6.45) is 0. The van der Waals surface area contributed by atoms with Gasteiger partial charge in [0, 0.05) is 36.2 Å². The van der Waals surface area contributed by atoms with Gasteiger partial charge in [-0.2, -0.15) is 11.8 Å². The molecule has 1 aliphatic heterocycles. The van der Waals surface area contributed by atoms with Gasteiger partial charge < -0.3 is 5.32 Å². The molecule has 0 amide bonds. The Morgan fingerprint density at radius 3 is 2.25 bits per heavy atom. The Bertz CT molecular complexity index is 186. The first kappa shape index (κ1) is 14.3. The van der Waals surface area contributed by atoms with E-state index in [1.54, 1.807) is 0 Å². The lowest BCUT2D eigenvalue weighted by atomic mass is 10.0. The highest BCUT2D eigenvalue weighted by Gasteiger charge is 2.28. The smallest absolute Gasteiger partial charge is 0.0244 e. The summed E-state index contributed by atoms with van der Waals surface area (Å²) in [6, 6.07) is 0.700. The molecule has 3 heteroatoms. The maximum absolute atomic E-state index is 3.51. The molecular weight excluding hydrogens is 216 g/mol. The summed E-state index contributed by atoms with van der Waals surface area (Å²) in [6.45, 7) is 16.3. The predicted octanol–water partition coefficient (Wildman–Crippen LogP) is 2.45. The minimum atomic E-state index is 0.700. The number of thioether (sulfide) groups is 1. The van der Waals surface area contributed by atoms with E-state index in [0.717, 1.165) is 29.5 Å². The van der Waals surface area contributed by atoms with Crippen LogP contribution in [-0.2, 0) is 0 Å². The zero-order valence-corrected chi connectivity index (χ0v) is 12.3. The van der Waals surface area contributed by atoms with Crippen LogP contribution < -0.4 is 5.32 Å². The lowest BCUT2D eigenvalue weighted by Crippen LogP contribution is -2.52. The fourth-order valence-corrected chi connectivity index (χ4v) is 3.92. The molecule has 0 saturated carbocycles. The Labute approximate surface area is 106 Å². The maximum atomic E-state index is 3.51. The van der Waals surface area contributed by atoms with Crippen LogP contribution in [0.3, 0.4) is 0 Å². The minimum absolute atomic E-state index is 0.700. The van der Waals surface area contributed by atoms with Crippen molar-refractivity contribution in [1.82, 2.24) is 10.2 Å². The molecule has 1 fully saturated rings. The van der Waals surface area contributed by atoms with E-state index in [1.807, 2.05) is 0 Å². The van der Waals surface area contributed by atoms with Crippen molar-refractivity contribution in [2.45, 2.75) is 51.2 Å². The monoisotopic (exact) mass is 244 g/mol. The highest BCUT2D eigenvalue weighted by Crippen LogP contribution is 2.27. The van der Waals surface area contributed by atoms with E-state index in [9.17, 15) is 0 Å². The Kier molecular flexibility index (Phi) is 6.16. The summed E-state index contributed by atoms with van der Waals surface area (Å²) in [5.41, 5.74) is 0.